The van der Waals surface area contributed by atoms with Crippen molar-refractivity contribution in [1.82, 2.24) is 4.90 Å². The number of hydrogen-bond donors (Lipinski definition) is 1. The van der Waals surface area contributed by atoms with Crippen LogP contribution in [0.5, 0.6) is 0 Å². The van der Waals surface area contributed by atoms with E-state index in [-0.39, 0.29) is 12.0 Å². The summed E-state index contributed by atoms with van der Waals surface area (Å²) in [5.74, 6) is 0.0817. The van der Waals surface area contributed by atoms with Crippen molar-refractivity contribution >= 4 is 29.1 Å². The van der Waals surface area contributed by atoms with Crippen molar-refractivity contribution < 1.29 is 14.3 Å². The van der Waals surface area contributed by atoms with Gasteiger partial charge in [-0.25, -0.2) is 4.79 Å². The Bertz CT molecular complexity index is 1010. The summed E-state index contributed by atoms with van der Waals surface area (Å²) in [6.07, 6.45) is 8.98. The molecule has 2 amide bonds. The van der Waals surface area contributed by atoms with Gasteiger partial charge in [-0.05, 0) is 93.8 Å². The Morgan fingerprint density at radius 1 is 0.879 bits per heavy atom. The van der Waals surface area contributed by atoms with Gasteiger partial charge in [-0.1, -0.05) is 30.7 Å². The molecule has 0 atom stereocenters. The van der Waals surface area contributed by atoms with Crippen LogP contribution in [0.1, 0.15) is 56.1 Å². The smallest absolute Gasteiger partial charge is 0.411 e. The van der Waals surface area contributed by atoms with Gasteiger partial charge >= 0.3 is 6.09 Å². The van der Waals surface area contributed by atoms with Crippen LogP contribution in [-0.4, -0.2) is 42.6 Å². The van der Waals surface area contributed by atoms with Crippen LogP contribution in [0.4, 0.5) is 21.9 Å². The van der Waals surface area contributed by atoms with Crippen LogP contribution in [0, 0.1) is 0 Å². The largest absolute Gasteiger partial charge is 0.446 e. The number of fused-ring (bicyclic) bond motifs is 2. The highest BCUT2D eigenvalue weighted by Gasteiger charge is 2.28. The Kier molecular flexibility index (Phi) is 6.63. The van der Waals surface area contributed by atoms with Gasteiger partial charge in [-0.3, -0.25) is 19.9 Å². The molecule has 0 bridgehead atoms. The third-order valence-electron chi connectivity index (χ3n) is 7.10. The molecule has 1 aliphatic carbocycles. The van der Waals surface area contributed by atoms with Gasteiger partial charge in [0.05, 0.1) is 17.9 Å². The van der Waals surface area contributed by atoms with Crippen molar-refractivity contribution in [2.75, 3.05) is 29.9 Å². The molecule has 2 aliphatic heterocycles. The van der Waals surface area contributed by atoms with Gasteiger partial charge in [0, 0.05) is 5.69 Å². The predicted molar refractivity (Wildman–Crippen MR) is 130 cm³/mol. The van der Waals surface area contributed by atoms with E-state index in [1.165, 1.54) is 12.0 Å². The number of amides is 2. The average Bonchev–Trinajstić information content (AvgIpc) is 3.27. The summed E-state index contributed by atoms with van der Waals surface area (Å²) in [5, 5.41) is 2.89. The lowest BCUT2D eigenvalue weighted by molar-refractivity contribution is -0.119. The van der Waals surface area contributed by atoms with E-state index in [0.29, 0.717) is 12.2 Å². The quantitative estimate of drug-likeness (QED) is 0.679. The highest BCUT2D eigenvalue weighted by molar-refractivity contribution is 6.04. The molecule has 2 aromatic rings. The molecule has 5 rings (SSSR count). The molecule has 174 valence electrons. The lowest BCUT2D eigenvalue weighted by Gasteiger charge is -2.30. The third kappa shape index (κ3) is 5.06. The Balaban J connectivity index is 1.42. The second kappa shape index (κ2) is 9.96. The SMILES string of the molecule is O=C(Nc1ccc2c(c1)N(C(=O)CN1CCCCC1)c1ccccc1CC2)OC1CCCC1. The van der Waals surface area contributed by atoms with Crippen molar-refractivity contribution in [3.8, 4) is 0 Å². The number of piperidine rings is 1. The zero-order chi connectivity index (χ0) is 22.6. The number of hydrogen-bond acceptors (Lipinski definition) is 4. The normalized spacial score (nSPS) is 18.8. The number of rotatable bonds is 4. The Morgan fingerprint density at radius 3 is 2.39 bits per heavy atom. The second-order valence-corrected chi connectivity index (χ2v) is 9.47. The fourth-order valence-corrected chi connectivity index (χ4v) is 5.35. The lowest BCUT2D eigenvalue weighted by Crippen LogP contribution is -2.40. The summed E-state index contributed by atoms with van der Waals surface area (Å²) < 4.78 is 5.58. The maximum atomic E-state index is 13.7. The van der Waals surface area contributed by atoms with E-state index in [4.69, 9.17) is 4.74 Å². The standard InChI is InChI=1S/C27H33N3O3/c31-26(19-29-16-6-1-7-17-29)30-24-11-5-2-8-20(24)12-13-21-14-15-22(18-25(21)30)28-27(32)33-23-9-3-4-10-23/h2,5,8,11,14-15,18,23H,1,3-4,6-7,9-10,12-13,16-17,19H2,(H,28,32). The van der Waals surface area contributed by atoms with E-state index < -0.39 is 6.09 Å². The minimum atomic E-state index is -0.415. The lowest BCUT2D eigenvalue weighted by atomic mass is 10.0. The van der Waals surface area contributed by atoms with Gasteiger partial charge in [-0.15, -0.1) is 0 Å². The monoisotopic (exact) mass is 447 g/mol. The van der Waals surface area contributed by atoms with Crippen molar-refractivity contribution in [3.05, 3.63) is 53.6 Å². The molecule has 6 heteroatoms. The number of nitrogens with one attached hydrogen (secondary N) is 1. The summed E-state index contributed by atoms with van der Waals surface area (Å²) in [6.45, 7) is 2.36. The van der Waals surface area contributed by atoms with Crippen LogP contribution in [0.2, 0.25) is 0 Å². The second-order valence-electron chi connectivity index (χ2n) is 9.47. The number of likely N-dealkylation sites (tertiary alicyclic amines) is 1. The minimum Gasteiger partial charge on any atom is -0.446 e. The number of benzene rings is 2. The van der Waals surface area contributed by atoms with E-state index in [0.717, 1.165) is 81.4 Å². The summed E-state index contributed by atoms with van der Waals surface area (Å²) in [5.41, 5.74) is 4.76. The van der Waals surface area contributed by atoms with Crippen LogP contribution in [0.15, 0.2) is 42.5 Å². The van der Waals surface area contributed by atoms with Crippen molar-refractivity contribution in [2.24, 2.45) is 0 Å². The molecule has 1 N–H and O–H groups in total. The van der Waals surface area contributed by atoms with Crippen molar-refractivity contribution in [2.45, 2.75) is 63.9 Å². The third-order valence-corrected chi connectivity index (χ3v) is 7.10. The van der Waals surface area contributed by atoms with Crippen molar-refractivity contribution in [3.63, 3.8) is 0 Å². The summed E-state index contributed by atoms with van der Waals surface area (Å²) in [4.78, 5) is 30.3. The van der Waals surface area contributed by atoms with Crippen LogP contribution in [-0.2, 0) is 22.4 Å². The predicted octanol–water partition coefficient (Wildman–Crippen LogP) is 5.43. The molecular formula is C27H33N3O3. The van der Waals surface area contributed by atoms with Gasteiger partial charge < -0.3 is 4.74 Å². The van der Waals surface area contributed by atoms with E-state index in [9.17, 15) is 9.59 Å². The van der Waals surface area contributed by atoms with Crippen molar-refractivity contribution in [1.29, 1.82) is 0 Å². The van der Waals surface area contributed by atoms with Gasteiger partial charge in [0.15, 0.2) is 0 Å². The molecule has 0 unspecified atom stereocenters. The number of para-hydroxylation sites is 1. The van der Waals surface area contributed by atoms with E-state index in [1.54, 1.807) is 0 Å². The maximum absolute atomic E-state index is 13.7. The molecule has 2 aromatic carbocycles. The number of ether oxygens (including phenoxy) is 1. The number of aryl methyl sites for hydroxylation is 2. The summed E-state index contributed by atoms with van der Waals surface area (Å²) in [7, 11) is 0. The van der Waals surface area contributed by atoms with Crippen LogP contribution in [0.3, 0.4) is 0 Å². The maximum Gasteiger partial charge on any atom is 0.411 e. The first-order chi connectivity index (χ1) is 16.2. The number of carbonyl (C=O) groups is 2. The zero-order valence-electron chi connectivity index (χ0n) is 19.2. The topological polar surface area (TPSA) is 61.9 Å². The molecule has 3 aliphatic rings. The minimum absolute atomic E-state index is 0.0142. The van der Waals surface area contributed by atoms with Crippen LogP contribution >= 0.6 is 0 Å². The molecule has 0 spiro atoms. The van der Waals surface area contributed by atoms with E-state index >= 15 is 0 Å². The highest BCUT2D eigenvalue weighted by Crippen LogP contribution is 2.38. The van der Waals surface area contributed by atoms with E-state index in [2.05, 4.69) is 16.3 Å². The fourth-order valence-electron chi connectivity index (χ4n) is 5.35. The van der Waals surface area contributed by atoms with Crippen LogP contribution < -0.4 is 10.2 Å². The molecule has 2 fully saturated rings. The average molecular weight is 448 g/mol. The molecule has 6 nitrogen and oxygen atoms in total. The molecule has 1 saturated heterocycles. The molecule has 2 heterocycles. The first-order valence-corrected chi connectivity index (χ1v) is 12.4. The van der Waals surface area contributed by atoms with Gasteiger partial charge in [-0.2, -0.15) is 0 Å². The first-order valence-electron chi connectivity index (χ1n) is 12.4. The molecule has 0 aromatic heterocycles. The van der Waals surface area contributed by atoms with Gasteiger partial charge in [0.2, 0.25) is 5.91 Å². The number of carbonyl (C=O) groups excluding carboxylic acids is 2. The zero-order valence-corrected chi connectivity index (χ0v) is 19.2. The molecule has 33 heavy (non-hydrogen) atoms. The van der Waals surface area contributed by atoms with E-state index in [1.807, 2.05) is 41.3 Å². The first kappa shape index (κ1) is 22.0. The Morgan fingerprint density at radius 2 is 1.61 bits per heavy atom. The highest BCUT2D eigenvalue weighted by atomic mass is 16.6. The Labute approximate surface area is 195 Å². The molecule has 0 radical (unpaired) electrons. The summed E-state index contributed by atoms with van der Waals surface area (Å²) >= 11 is 0. The number of anilines is 3. The van der Waals surface area contributed by atoms with Gasteiger partial charge in [0.1, 0.15) is 6.10 Å². The number of nitrogens with zero attached hydrogens (tertiary/aromatic N) is 2. The fraction of sp³-hybridized carbons (Fsp3) is 0.481. The summed E-state index contributed by atoms with van der Waals surface area (Å²) in [6, 6.07) is 14.1. The molecular weight excluding hydrogens is 414 g/mol. The van der Waals surface area contributed by atoms with Crippen LogP contribution in [0.25, 0.3) is 0 Å². The molecule has 1 saturated carbocycles. The Hall–Kier alpha value is -2.86. The van der Waals surface area contributed by atoms with Gasteiger partial charge in [0.25, 0.3) is 0 Å².